The van der Waals surface area contributed by atoms with Crippen molar-refractivity contribution in [3.8, 4) is 0 Å². The van der Waals surface area contributed by atoms with Crippen LogP contribution in [0.2, 0.25) is 0 Å². The van der Waals surface area contributed by atoms with Gasteiger partial charge in [0.15, 0.2) is 0 Å². The Morgan fingerprint density at radius 2 is 1.09 bits per heavy atom. The molecule has 2 aromatic carbocycles. The first-order chi connectivity index (χ1) is 16.6. The lowest BCUT2D eigenvalue weighted by molar-refractivity contribution is -0.929. The second kappa shape index (κ2) is 19.3. The van der Waals surface area contributed by atoms with Gasteiger partial charge in [0.2, 0.25) is 0 Å². The van der Waals surface area contributed by atoms with Crippen molar-refractivity contribution in [3.05, 3.63) is 84.2 Å². The minimum Gasteiger partial charge on any atom is -0.678 e. The van der Waals surface area contributed by atoms with Crippen molar-refractivity contribution in [1.82, 2.24) is 0 Å². The number of quaternary nitrogens is 1. The van der Waals surface area contributed by atoms with Crippen LogP contribution in [0.5, 0.6) is 0 Å². The van der Waals surface area contributed by atoms with E-state index in [0.717, 1.165) is 12.1 Å². The van der Waals surface area contributed by atoms with Gasteiger partial charge in [-0.1, -0.05) is 132 Å². The summed E-state index contributed by atoms with van der Waals surface area (Å²) in [6, 6.07) is 20.6. The predicted octanol–water partition coefficient (Wildman–Crippen LogP) is 10.0. The summed E-state index contributed by atoms with van der Waals surface area (Å²) in [6.07, 6.45) is 13.8. The second-order valence-corrected chi connectivity index (χ2v) is 9.57. The molecular formula is C32H52N2. The molecule has 0 saturated heterocycles. The summed E-state index contributed by atoms with van der Waals surface area (Å²) in [7, 11) is 0. The Kier molecular flexibility index (Phi) is 17.0. The third kappa shape index (κ3) is 12.4. The van der Waals surface area contributed by atoms with Gasteiger partial charge >= 0.3 is 0 Å². The fourth-order valence-electron chi connectivity index (χ4n) is 4.44. The van der Waals surface area contributed by atoms with Crippen molar-refractivity contribution in [1.29, 1.82) is 0 Å². The zero-order chi connectivity index (χ0) is 24.9. The zero-order valence-corrected chi connectivity index (χ0v) is 22.7. The highest BCUT2D eigenvalue weighted by molar-refractivity contribution is 5.50. The van der Waals surface area contributed by atoms with Crippen LogP contribution in [0.1, 0.15) is 97.1 Å². The van der Waals surface area contributed by atoms with Crippen molar-refractivity contribution in [2.75, 3.05) is 26.2 Å². The molecule has 34 heavy (non-hydrogen) atoms. The number of hydrogen-bond acceptors (Lipinski definition) is 0. The van der Waals surface area contributed by atoms with Crippen LogP contribution in [0.15, 0.2) is 73.3 Å². The van der Waals surface area contributed by atoms with E-state index in [-0.39, 0.29) is 6.04 Å². The number of para-hydroxylation sites is 1. The van der Waals surface area contributed by atoms with Crippen LogP contribution in [-0.2, 0) is 0 Å². The van der Waals surface area contributed by atoms with E-state index in [0.29, 0.717) is 0 Å². The van der Waals surface area contributed by atoms with Crippen molar-refractivity contribution in [3.63, 3.8) is 0 Å². The molecule has 0 N–H and O–H groups in total. The van der Waals surface area contributed by atoms with E-state index in [4.69, 9.17) is 5.32 Å². The Balaban J connectivity index is 0.000000340. The average Bonchev–Trinajstić information content (AvgIpc) is 2.89. The third-order valence-corrected chi connectivity index (χ3v) is 6.58. The first-order valence-electron chi connectivity index (χ1n) is 13.9. The molecule has 0 aliphatic rings. The first-order valence-corrected chi connectivity index (χ1v) is 13.9. The summed E-state index contributed by atoms with van der Waals surface area (Å²) in [6.45, 7) is 18.8. The third-order valence-electron chi connectivity index (χ3n) is 6.58. The summed E-state index contributed by atoms with van der Waals surface area (Å²) in [5, 5.41) is 4.75. The Morgan fingerprint density at radius 3 is 1.47 bits per heavy atom. The molecule has 0 aliphatic carbocycles. The van der Waals surface area contributed by atoms with Crippen LogP contribution >= 0.6 is 0 Å². The maximum atomic E-state index is 4.75. The van der Waals surface area contributed by atoms with Gasteiger partial charge < -0.3 is 9.80 Å². The molecule has 2 aromatic rings. The van der Waals surface area contributed by atoms with E-state index < -0.39 is 0 Å². The predicted molar refractivity (Wildman–Crippen MR) is 153 cm³/mol. The average molecular weight is 465 g/mol. The fraction of sp³-hybridized carbons (Fsp3) is 0.562. The van der Waals surface area contributed by atoms with Crippen LogP contribution in [0.25, 0.3) is 5.32 Å². The lowest BCUT2D eigenvalue weighted by Gasteiger charge is -2.39. The minimum absolute atomic E-state index is 0.163. The van der Waals surface area contributed by atoms with Crippen LogP contribution in [0, 0.1) is 0 Å². The number of benzene rings is 2. The van der Waals surface area contributed by atoms with Gasteiger partial charge in [-0.3, -0.25) is 0 Å². The molecule has 0 saturated carbocycles. The second-order valence-electron chi connectivity index (χ2n) is 9.57. The molecule has 0 spiro atoms. The molecule has 1 atom stereocenters. The smallest absolute Gasteiger partial charge is 0.0786 e. The van der Waals surface area contributed by atoms with Crippen molar-refractivity contribution < 1.29 is 4.48 Å². The molecular weight excluding hydrogens is 412 g/mol. The molecule has 0 aliphatic heterocycles. The molecule has 190 valence electrons. The van der Waals surface area contributed by atoms with E-state index in [1.54, 1.807) is 0 Å². The van der Waals surface area contributed by atoms with Gasteiger partial charge in [-0.15, -0.1) is 12.3 Å². The standard InChI is InChI=1S/C16H16N.C16H36N/c1-2-9-16(14-10-5-3-6-11-14)17-15-12-7-4-8-13-15;1-5-9-13-17(14-10-6-2,15-11-7-3)16-12-8-4/h2-8,10-13,16H,1,9H2;5-16H2,1-4H3/q-1;+1. The zero-order valence-electron chi connectivity index (χ0n) is 22.7. The van der Waals surface area contributed by atoms with Gasteiger partial charge in [0.25, 0.3) is 0 Å². The van der Waals surface area contributed by atoms with E-state index in [2.05, 4.69) is 46.4 Å². The molecule has 0 fully saturated rings. The van der Waals surface area contributed by atoms with Crippen molar-refractivity contribution in [2.24, 2.45) is 0 Å². The van der Waals surface area contributed by atoms with Crippen LogP contribution in [0.3, 0.4) is 0 Å². The van der Waals surface area contributed by atoms with Crippen molar-refractivity contribution >= 4 is 5.69 Å². The van der Waals surface area contributed by atoms with Crippen LogP contribution in [0.4, 0.5) is 5.69 Å². The number of rotatable bonds is 17. The summed E-state index contributed by atoms with van der Waals surface area (Å²) >= 11 is 0. The van der Waals surface area contributed by atoms with E-state index in [9.17, 15) is 0 Å². The molecule has 0 radical (unpaired) electrons. The SMILES string of the molecule is C=CCC([N-]c1ccccc1)c1ccccc1.CCCC[N+](CCCC)(CCCC)CCCC. The molecule has 0 heterocycles. The van der Waals surface area contributed by atoms with Crippen molar-refractivity contribution in [2.45, 2.75) is 91.5 Å². The quantitative estimate of drug-likeness (QED) is 0.163. The summed E-state index contributed by atoms with van der Waals surface area (Å²) in [4.78, 5) is 0. The molecule has 1 unspecified atom stereocenters. The van der Waals surface area contributed by atoms with E-state index >= 15 is 0 Å². The molecule has 2 rings (SSSR count). The van der Waals surface area contributed by atoms with Crippen LogP contribution < -0.4 is 0 Å². The Hall–Kier alpha value is -2.06. The van der Waals surface area contributed by atoms with Gasteiger partial charge in [0.1, 0.15) is 0 Å². The summed E-state index contributed by atoms with van der Waals surface area (Å²) in [5.74, 6) is 0. The van der Waals surface area contributed by atoms with Gasteiger partial charge in [-0.05, 0) is 32.1 Å². The van der Waals surface area contributed by atoms with Gasteiger partial charge in [0, 0.05) is 0 Å². The highest BCUT2D eigenvalue weighted by Crippen LogP contribution is 2.33. The van der Waals surface area contributed by atoms with Gasteiger partial charge in [-0.2, -0.15) is 0 Å². The molecule has 2 heteroatoms. The molecule has 0 bridgehead atoms. The normalized spacial score (nSPS) is 11.9. The molecule has 0 amide bonds. The largest absolute Gasteiger partial charge is 0.678 e. The Bertz CT molecular complexity index is 673. The maximum absolute atomic E-state index is 4.75. The fourth-order valence-corrected chi connectivity index (χ4v) is 4.44. The lowest BCUT2D eigenvalue weighted by Crippen LogP contribution is -2.50. The minimum atomic E-state index is 0.163. The first kappa shape index (κ1) is 30.0. The van der Waals surface area contributed by atoms with Gasteiger partial charge in [-0.25, -0.2) is 0 Å². The Labute approximate surface area is 212 Å². The summed E-state index contributed by atoms with van der Waals surface area (Å²) in [5.41, 5.74) is 2.25. The number of nitrogens with zero attached hydrogens (tertiary/aromatic N) is 2. The number of hydrogen-bond donors (Lipinski definition) is 0. The number of unbranched alkanes of at least 4 members (excludes halogenated alkanes) is 4. The molecule has 0 aromatic heterocycles. The van der Waals surface area contributed by atoms with E-state index in [1.807, 2.05) is 54.6 Å². The van der Waals surface area contributed by atoms with Crippen LogP contribution in [-0.4, -0.2) is 30.7 Å². The highest BCUT2D eigenvalue weighted by atomic mass is 15.3. The molecule has 2 nitrogen and oxygen atoms in total. The Morgan fingerprint density at radius 1 is 0.676 bits per heavy atom. The lowest BCUT2D eigenvalue weighted by atomic mass is 10.0. The highest BCUT2D eigenvalue weighted by Gasteiger charge is 2.24. The van der Waals surface area contributed by atoms with Gasteiger partial charge in [0.05, 0.1) is 26.2 Å². The maximum Gasteiger partial charge on any atom is 0.0786 e. The monoisotopic (exact) mass is 464 g/mol. The topological polar surface area (TPSA) is 14.1 Å². The summed E-state index contributed by atoms with van der Waals surface area (Å²) < 4.78 is 1.42. The van der Waals surface area contributed by atoms with E-state index in [1.165, 1.54) is 87.6 Å².